The lowest BCUT2D eigenvalue weighted by molar-refractivity contribution is -0.125. The maximum atomic E-state index is 10.6. The van der Waals surface area contributed by atoms with Gasteiger partial charge in [0.15, 0.2) is 0 Å². The van der Waals surface area contributed by atoms with E-state index in [1.807, 2.05) is 11.4 Å². The molecule has 96 valence electrons. The number of rotatable bonds is 6. The lowest BCUT2D eigenvalue weighted by Gasteiger charge is -2.06. The molecule has 4 N–H and O–H groups in total. The molecule has 1 amide bonds. The van der Waals surface area contributed by atoms with Gasteiger partial charge in [-0.25, -0.2) is 0 Å². The molecule has 0 aromatic carbocycles. The molecule has 2 heterocycles. The number of nitrogens with two attached hydrogens (primary N) is 1. The van der Waals surface area contributed by atoms with Crippen LogP contribution in [0.3, 0.4) is 0 Å². The van der Waals surface area contributed by atoms with Gasteiger partial charge in [-0.2, -0.15) is 0 Å². The molecule has 0 saturated carbocycles. The summed E-state index contributed by atoms with van der Waals surface area (Å²) in [6, 6.07) is 6.22. The molecular weight excluding hydrogens is 268 g/mol. The summed E-state index contributed by atoms with van der Waals surface area (Å²) < 4.78 is 0. The van der Waals surface area contributed by atoms with Crippen LogP contribution in [0, 0.1) is 0 Å². The average Bonchev–Trinajstić information content (AvgIpc) is 2.98. The summed E-state index contributed by atoms with van der Waals surface area (Å²) in [6.45, 7) is 0.807. The third kappa shape index (κ3) is 3.39. The van der Waals surface area contributed by atoms with E-state index in [1.165, 1.54) is 10.4 Å². The van der Waals surface area contributed by atoms with Gasteiger partial charge in [0.1, 0.15) is 6.10 Å². The first-order valence-corrected chi connectivity index (χ1v) is 7.22. The van der Waals surface area contributed by atoms with Gasteiger partial charge in [0.2, 0.25) is 5.91 Å². The quantitative estimate of drug-likeness (QED) is 0.750. The monoisotopic (exact) mass is 282 g/mol. The molecule has 0 bridgehead atoms. The molecule has 0 saturated heterocycles. The van der Waals surface area contributed by atoms with Crippen molar-refractivity contribution >= 4 is 28.6 Å². The minimum atomic E-state index is -1.12. The van der Waals surface area contributed by atoms with Crippen molar-refractivity contribution in [2.24, 2.45) is 5.73 Å². The molecule has 0 aliphatic rings. The second kappa shape index (κ2) is 6.10. The van der Waals surface area contributed by atoms with Crippen LogP contribution in [0.25, 0.3) is 10.4 Å². The summed E-state index contributed by atoms with van der Waals surface area (Å²) in [5, 5.41) is 16.4. The Kier molecular flexibility index (Phi) is 4.48. The number of nitrogens with one attached hydrogen (secondary N) is 1. The SMILES string of the molecule is NC(=O)C(O)CNCc1cc(-c2cccs2)cs1. The first-order chi connectivity index (χ1) is 8.66. The number of carbonyl (C=O) groups is 1. The average molecular weight is 282 g/mol. The number of aliphatic hydroxyl groups excluding tert-OH is 1. The third-order valence-electron chi connectivity index (χ3n) is 2.42. The van der Waals surface area contributed by atoms with E-state index >= 15 is 0 Å². The Balaban J connectivity index is 1.86. The topological polar surface area (TPSA) is 75.4 Å². The zero-order valence-corrected chi connectivity index (χ0v) is 11.3. The summed E-state index contributed by atoms with van der Waals surface area (Å²) >= 11 is 3.36. The fraction of sp³-hybridized carbons (Fsp3) is 0.250. The first kappa shape index (κ1) is 13.2. The molecular formula is C12H14N2O2S2. The summed E-state index contributed by atoms with van der Waals surface area (Å²) in [7, 11) is 0. The van der Waals surface area contributed by atoms with Crippen LogP contribution in [0.2, 0.25) is 0 Å². The Morgan fingerprint density at radius 2 is 2.33 bits per heavy atom. The first-order valence-electron chi connectivity index (χ1n) is 5.46. The number of carbonyl (C=O) groups excluding carboxylic acids is 1. The van der Waals surface area contributed by atoms with Crippen molar-refractivity contribution in [1.29, 1.82) is 0 Å². The Labute approximate surface area is 113 Å². The highest BCUT2D eigenvalue weighted by Gasteiger charge is 2.10. The van der Waals surface area contributed by atoms with Gasteiger partial charge in [-0.05, 0) is 22.9 Å². The summed E-state index contributed by atoms with van der Waals surface area (Å²) in [5.74, 6) is -0.701. The number of aliphatic hydroxyl groups is 1. The van der Waals surface area contributed by atoms with Gasteiger partial charge in [0.25, 0.3) is 0 Å². The summed E-state index contributed by atoms with van der Waals surface area (Å²) in [4.78, 5) is 13.0. The molecule has 0 spiro atoms. The summed E-state index contributed by atoms with van der Waals surface area (Å²) in [5.41, 5.74) is 6.17. The van der Waals surface area contributed by atoms with Crippen molar-refractivity contribution < 1.29 is 9.90 Å². The van der Waals surface area contributed by atoms with Gasteiger partial charge >= 0.3 is 0 Å². The second-order valence-electron chi connectivity index (χ2n) is 3.83. The van der Waals surface area contributed by atoms with Crippen LogP contribution in [0.1, 0.15) is 4.88 Å². The Hall–Kier alpha value is -1.21. The molecule has 1 unspecified atom stereocenters. The predicted octanol–water partition coefficient (Wildman–Crippen LogP) is 1.41. The van der Waals surface area contributed by atoms with Crippen molar-refractivity contribution in [1.82, 2.24) is 5.32 Å². The van der Waals surface area contributed by atoms with Crippen LogP contribution >= 0.6 is 22.7 Å². The normalized spacial score (nSPS) is 12.5. The molecule has 2 aromatic heterocycles. The van der Waals surface area contributed by atoms with Crippen molar-refractivity contribution in [2.75, 3.05) is 6.54 Å². The zero-order chi connectivity index (χ0) is 13.0. The Morgan fingerprint density at radius 1 is 1.50 bits per heavy atom. The molecule has 2 aromatic rings. The molecule has 0 fully saturated rings. The smallest absolute Gasteiger partial charge is 0.247 e. The van der Waals surface area contributed by atoms with E-state index in [1.54, 1.807) is 22.7 Å². The van der Waals surface area contributed by atoms with Gasteiger partial charge in [-0.15, -0.1) is 22.7 Å². The Morgan fingerprint density at radius 3 is 3.00 bits per heavy atom. The predicted molar refractivity (Wildman–Crippen MR) is 74.5 cm³/mol. The third-order valence-corrected chi connectivity index (χ3v) is 4.28. The van der Waals surface area contributed by atoms with Crippen LogP contribution in [0.15, 0.2) is 29.0 Å². The number of hydrogen-bond donors (Lipinski definition) is 3. The van der Waals surface area contributed by atoms with Gasteiger partial charge in [0, 0.05) is 28.4 Å². The van der Waals surface area contributed by atoms with Gasteiger partial charge < -0.3 is 16.2 Å². The maximum absolute atomic E-state index is 10.6. The fourth-order valence-corrected chi connectivity index (χ4v) is 3.12. The highest BCUT2D eigenvalue weighted by molar-refractivity contribution is 7.14. The summed E-state index contributed by atoms with van der Waals surface area (Å²) in [6.07, 6.45) is -1.12. The van der Waals surface area contributed by atoms with E-state index in [9.17, 15) is 9.90 Å². The molecule has 2 rings (SSSR count). The van der Waals surface area contributed by atoms with Crippen LogP contribution in [-0.2, 0) is 11.3 Å². The lowest BCUT2D eigenvalue weighted by atomic mass is 10.2. The van der Waals surface area contributed by atoms with E-state index in [0.29, 0.717) is 6.54 Å². The van der Waals surface area contributed by atoms with Crippen LogP contribution in [-0.4, -0.2) is 23.7 Å². The molecule has 0 aliphatic carbocycles. The van der Waals surface area contributed by atoms with Crippen molar-refractivity contribution in [3.8, 4) is 10.4 Å². The molecule has 18 heavy (non-hydrogen) atoms. The zero-order valence-electron chi connectivity index (χ0n) is 9.63. The number of hydrogen-bond acceptors (Lipinski definition) is 5. The Bertz CT molecular complexity index is 508. The van der Waals surface area contributed by atoms with Crippen LogP contribution < -0.4 is 11.1 Å². The largest absolute Gasteiger partial charge is 0.382 e. The molecule has 6 heteroatoms. The van der Waals surface area contributed by atoms with Crippen LogP contribution in [0.4, 0.5) is 0 Å². The number of thiophene rings is 2. The van der Waals surface area contributed by atoms with Crippen molar-refractivity contribution in [2.45, 2.75) is 12.6 Å². The molecule has 0 radical (unpaired) electrons. The van der Waals surface area contributed by atoms with Gasteiger partial charge in [-0.1, -0.05) is 6.07 Å². The van der Waals surface area contributed by atoms with E-state index in [2.05, 4.69) is 22.8 Å². The fourth-order valence-electron chi connectivity index (χ4n) is 1.48. The highest BCUT2D eigenvalue weighted by atomic mass is 32.1. The van der Waals surface area contributed by atoms with E-state index < -0.39 is 12.0 Å². The maximum Gasteiger partial charge on any atom is 0.247 e. The standard InChI is InChI=1S/C12H14N2O2S2/c13-12(16)10(15)6-14-5-9-4-8(7-18-9)11-2-1-3-17-11/h1-4,7,10,14-15H,5-6H2,(H2,13,16). The lowest BCUT2D eigenvalue weighted by Crippen LogP contribution is -2.37. The second-order valence-corrected chi connectivity index (χ2v) is 5.77. The van der Waals surface area contributed by atoms with E-state index in [0.717, 1.165) is 4.88 Å². The van der Waals surface area contributed by atoms with E-state index in [-0.39, 0.29) is 6.54 Å². The molecule has 0 aliphatic heterocycles. The van der Waals surface area contributed by atoms with Gasteiger partial charge in [-0.3, -0.25) is 4.79 Å². The minimum absolute atomic E-state index is 0.182. The highest BCUT2D eigenvalue weighted by Crippen LogP contribution is 2.29. The van der Waals surface area contributed by atoms with Crippen molar-refractivity contribution in [3.63, 3.8) is 0 Å². The van der Waals surface area contributed by atoms with Gasteiger partial charge in [0.05, 0.1) is 0 Å². The number of primary amides is 1. The molecule has 1 atom stereocenters. The molecule has 4 nitrogen and oxygen atoms in total. The minimum Gasteiger partial charge on any atom is -0.382 e. The number of amides is 1. The van der Waals surface area contributed by atoms with Crippen LogP contribution in [0.5, 0.6) is 0 Å². The van der Waals surface area contributed by atoms with Crippen molar-refractivity contribution in [3.05, 3.63) is 33.8 Å². The van der Waals surface area contributed by atoms with E-state index in [4.69, 9.17) is 5.73 Å².